The zero-order valence-electron chi connectivity index (χ0n) is 15.6. The molecule has 0 fully saturated rings. The summed E-state index contributed by atoms with van der Waals surface area (Å²) in [5.74, 6) is -1.13. The van der Waals surface area contributed by atoms with Gasteiger partial charge in [-0.3, -0.25) is 9.10 Å². The van der Waals surface area contributed by atoms with Crippen LogP contribution >= 0.6 is 11.6 Å². The van der Waals surface area contributed by atoms with Crippen molar-refractivity contribution >= 4 is 38.9 Å². The Kier molecular flexibility index (Phi) is 6.49. The summed E-state index contributed by atoms with van der Waals surface area (Å²) in [7, 11) is -3.73. The van der Waals surface area contributed by atoms with Crippen molar-refractivity contribution in [1.29, 1.82) is 0 Å². The Labute approximate surface area is 164 Å². The molecule has 2 aromatic carbocycles. The molecule has 0 aliphatic rings. The van der Waals surface area contributed by atoms with Crippen LogP contribution in [-0.4, -0.2) is 26.6 Å². The van der Waals surface area contributed by atoms with Crippen molar-refractivity contribution in [3.8, 4) is 0 Å². The average Bonchev–Trinajstić information content (AvgIpc) is 2.53. The second-order valence-corrected chi connectivity index (χ2v) is 8.71. The number of amides is 1. The third-order valence-electron chi connectivity index (χ3n) is 3.98. The minimum Gasteiger partial charge on any atom is -0.324 e. The molecule has 0 heterocycles. The molecule has 1 N–H and O–H groups in total. The lowest BCUT2D eigenvalue weighted by Crippen LogP contribution is -2.47. The standard InChI is InChI=1S/C19H22ClFN2O3S/c1-5-18(19(24)22-14-6-7-17(21)16(20)11-14)23(27(4,25)26)15-9-12(2)8-13(3)10-15/h6-11,18H,5H2,1-4H3,(H,22,24)/t18-/m1/s1. The van der Waals surface area contributed by atoms with Crippen LogP contribution in [0.2, 0.25) is 5.02 Å². The van der Waals surface area contributed by atoms with Gasteiger partial charge in [0.15, 0.2) is 0 Å². The predicted octanol–water partition coefficient (Wildman–Crippen LogP) is 4.28. The summed E-state index contributed by atoms with van der Waals surface area (Å²) in [6, 6.07) is 8.18. The molecule has 0 saturated carbocycles. The average molecular weight is 413 g/mol. The summed E-state index contributed by atoms with van der Waals surface area (Å²) in [5, 5.41) is 2.49. The lowest BCUT2D eigenvalue weighted by Gasteiger charge is -2.30. The van der Waals surface area contributed by atoms with Gasteiger partial charge in [0.1, 0.15) is 11.9 Å². The van der Waals surface area contributed by atoms with Crippen LogP contribution in [-0.2, 0) is 14.8 Å². The summed E-state index contributed by atoms with van der Waals surface area (Å²) >= 11 is 5.74. The fraction of sp³-hybridized carbons (Fsp3) is 0.316. The van der Waals surface area contributed by atoms with E-state index in [1.54, 1.807) is 19.1 Å². The molecule has 8 heteroatoms. The van der Waals surface area contributed by atoms with Gasteiger partial charge < -0.3 is 5.32 Å². The lowest BCUT2D eigenvalue weighted by molar-refractivity contribution is -0.117. The monoisotopic (exact) mass is 412 g/mol. The number of halogens is 2. The summed E-state index contributed by atoms with van der Waals surface area (Å²) in [4.78, 5) is 12.8. The first-order valence-corrected chi connectivity index (χ1v) is 10.6. The van der Waals surface area contributed by atoms with Gasteiger partial charge in [0, 0.05) is 5.69 Å². The maximum atomic E-state index is 13.3. The molecule has 146 valence electrons. The number of carbonyl (C=O) groups excluding carboxylic acids is 1. The second-order valence-electron chi connectivity index (χ2n) is 6.45. The highest BCUT2D eigenvalue weighted by atomic mass is 35.5. The van der Waals surface area contributed by atoms with Crippen LogP contribution in [0.5, 0.6) is 0 Å². The Morgan fingerprint density at radius 1 is 1.19 bits per heavy atom. The number of hydrogen-bond donors (Lipinski definition) is 1. The summed E-state index contributed by atoms with van der Waals surface area (Å²) < 4.78 is 39.4. The van der Waals surface area contributed by atoms with Gasteiger partial charge in [-0.25, -0.2) is 12.8 Å². The summed E-state index contributed by atoms with van der Waals surface area (Å²) in [6.07, 6.45) is 1.32. The number of aryl methyl sites for hydroxylation is 2. The van der Waals surface area contributed by atoms with E-state index >= 15 is 0 Å². The van der Waals surface area contributed by atoms with Gasteiger partial charge in [-0.05, 0) is 61.7 Å². The Morgan fingerprint density at radius 2 is 1.78 bits per heavy atom. The van der Waals surface area contributed by atoms with E-state index < -0.39 is 27.8 Å². The topological polar surface area (TPSA) is 66.5 Å². The van der Waals surface area contributed by atoms with Crippen LogP contribution < -0.4 is 9.62 Å². The maximum Gasteiger partial charge on any atom is 0.248 e. The number of rotatable bonds is 6. The molecule has 5 nitrogen and oxygen atoms in total. The van der Waals surface area contributed by atoms with Crippen molar-refractivity contribution in [2.45, 2.75) is 33.2 Å². The first-order valence-electron chi connectivity index (χ1n) is 8.36. The van der Waals surface area contributed by atoms with Crippen molar-refractivity contribution in [1.82, 2.24) is 0 Å². The highest BCUT2D eigenvalue weighted by molar-refractivity contribution is 7.92. The van der Waals surface area contributed by atoms with E-state index in [1.165, 1.54) is 12.1 Å². The number of carbonyl (C=O) groups is 1. The first kappa shape index (κ1) is 21.2. The Morgan fingerprint density at radius 3 is 2.26 bits per heavy atom. The highest BCUT2D eigenvalue weighted by Crippen LogP contribution is 2.26. The summed E-state index contributed by atoms with van der Waals surface area (Å²) in [5.41, 5.74) is 2.49. The molecule has 27 heavy (non-hydrogen) atoms. The van der Waals surface area contributed by atoms with E-state index in [2.05, 4.69) is 5.32 Å². The van der Waals surface area contributed by atoms with E-state index in [9.17, 15) is 17.6 Å². The van der Waals surface area contributed by atoms with Crippen LogP contribution in [0.1, 0.15) is 24.5 Å². The fourth-order valence-electron chi connectivity index (χ4n) is 2.94. The van der Waals surface area contributed by atoms with Gasteiger partial charge in [-0.2, -0.15) is 0 Å². The quantitative estimate of drug-likeness (QED) is 0.770. The number of hydrogen-bond acceptors (Lipinski definition) is 3. The molecule has 0 unspecified atom stereocenters. The normalized spacial score (nSPS) is 12.5. The van der Waals surface area contributed by atoms with E-state index in [1.807, 2.05) is 19.9 Å². The van der Waals surface area contributed by atoms with Crippen LogP contribution in [0.3, 0.4) is 0 Å². The van der Waals surface area contributed by atoms with E-state index in [4.69, 9.17) is 11.6 Å². The molecular formula is C19H22ClFN2O3S. The smallest absolute Gasteiger partial charge is 0.248 e. The van der Waals surface area contributed by atoms with Gasteiger partial charge >= 0.3 is 0 Å². The molecule has 0 aromatic heterocycles. The molecule has 0 saturated heterocycles. The Balaban J connectivity index is 2.42. The molecule has 1 amide bonds. The van der Waals surface area contributed by atoms with Gasteiger partial charge in [-0.1, -0.05) is 24.6 Å². The highest BCUT2D eigenvalue weighted by Gasteiger charge is 2.31. The zero-order valence-corrected chi connectivity index (χ0v) is 17.2. The molecular weight excluding hydrogens is 391 g/mol. The number of benzene rings is 2. The largest absolute Gasteiger partial charge is 0.324 e. The predicted molar refractivity (Wildman–Crippen MR) is 107 cm³/mol. The number of anilines is 2. The SMILES string of the molecule is CC[C@H](C(=O)Nc1ccc(F)c(Cl)c1)N(c1cc(C)cc(C)c1)S(C)(=O)=O. The maximum absolute atomic E-state index is 13.3. The van der Waals surface area contributed by atoms with Crippen molar-refractivity contribution in [2.75, 3.05) is 15.9 Å². The minimum atomic E-state index is -3.73. The van der Waals surface area contributed by atoms with E-state index in [0.717, 1.165) is 27.8 Å². The molecule has 0 bridgehead atoms. The van der Waals surface area contributed by atoms with E-state index in [0.29, 0.717) is 11.4 Å². The minimum absolute atomic E-state index is 0.130. The first-order chi connectivity index (χ1) is 12.5. The Hall–Kier alpha value is -2.12. The molecule has 2 aromatic rings. The number of sulfonamides is 1. The van der Waals surface area contributed by atoms with Crippen molar-refractivity contribution < 1.29 is 17.6 Å². The number of nitrogens with one attached hydrogen (secondary N) is 1. The van der Waals surface area contributed by atoms with Crippen molar-refractivity contribution in [3.63, 3.8) is 0 Å². The van der Waals surface area contributed by atoms with Crippen molar-refractivity contribution in [2.24, 2.45) is 0 Å². The van der Waals surface area contributed by atoms with Gasteiger partial charge in [0.2, 0.25) is 15.9 Å². The third-order valence-corrected chi connectivity index (χ3v) is 5.45. The second kappa shape index (κ2) is 8.27. The van der Waals surface area contributed by atoms with Crippen LogP contribution in [0.15, 0.2) is 36.4 Å². The van der Waals surface area contributed by atoms with Crippen LogP contribution in [0.4, 0.5) is 15.8 Å². The zero-order chi connectivity index (χ0) is 20.4. The molecule has 0 radical (unpaired) electrons. The van der Waals surface area contributed by atoms with Crippen molar-refractivity contribution in [3.05, 3.63) is 58.4 Å². The molecule has 0 aliphatic heterocycles. The molecule has 1 atom stereocenters. The van der Waals surface area contributed by atoms with Gasteiger partial charge in [0.05, 0.1) is 17.0 Å². The molecule has 2 rings (SSSR count). The third kappa shape index (κ3) is 5.20. The van der Waals surface area contributed by atoms with Crippen LogP contribution in [0.25, 0.3) is 0 Å². The van der Waals surface area contributed by atoms with Crippen LogP contribution in [0, 0.1) is 19.7 Å². The molecule has 0 aliphatic carbocycles. The fourth-order valence-corrected chi connectivity index (χ4v) is 4.31. The Bertz CT molecular complexity index is 943. The number of nitrogens with zero attached hydrogens (tertiary/aromatic N) is 1. The van der Waals surface area contributed by atoms with Gasteiger partial charge in [0.25, 0.3) is 0 Å². The van der Waals surface area contributed by atoms with Gasteiger partial charge in [-0.15, -0.1) is 0 Å². The summed E-state index contributed by atoms with van der Waals surface area (Å²) in [6.45, 7) is 5.44. The van der Waals surface area contributed by atoms with E-state index in [-0.39, 0.29) is 11.4 Å². The lowest BCUT2D eigenvalue weighted by atomic mass is 10.1. The molecule has 0 spiro atoms.